The van der Waals surface area contributed by atoms with Gasteiger partial charge in [-0.3, -0.25) is 4.79 Å². The van der Waals surface area contributed by atoms with Crippen LogP contribution < -0.4 is 10.5 Å². The Morgan fingerprint density at radius 3 is 2.60 bits per heavy atom. The third kappa shape index (κ3) is 3.45. The maximum absolute atomic E-state index is 13.3. The Bertz CT molecular complexity index is 1100. The second-order valence-electron chi connectivity index (χ2n) is 9.17. The van der Waals surface area contributed by atoms with Gasteiger partial charge in [0.05, 0.1) is 24.7 Å². The number of likely N-dealkylation sites (tertiary alicyclic amines) is 1. The molecule has 1 aliphatic heterocycles. The Balaban J connectivity index is 1.66. The van der Waals surface area contributed by atoms with Crippen molar-refractivity contribution in [1.29, 1.82) is 0 Å². The number of quaternary nitrogens is 1. The van der Waals surface area contributed by atoms with Gasteiger partial charge in [-0.1, -0.05) is 25.3 Å². The highest BCUT2D eigenvalue weighted by Crippen LogP contribution is 2.30. The van der Waals surface area contributed by atoms with Crippen molar-refractivity contribution in [3.63, 3.8) is 0 Å². The molecule has 0 amide bonds. The molecule has 2 N–H and O–H groups in total. The maximum atomic E-state index is 13.3. The van der Waals surface area contributed by atoms with Gasteiger partial charge in [-0.05, 0) is 60.4 Å². The molecule has 2 aromatic heterocycles. The fourth-order valence-electron chi connectivity index (χ4n) is 5.54. The van der Waals surface area contributed by atoms with E-state index >= 15 is 0 Å². The quantitative estimate of drug-likeness (QED) is 0.696. The largest absolute Gasteiger partial charge is 0.322 e. The molecule has 158 valence electrons. The summed E-state index contributed by atoms with van der Waals surface area (Å²) in [5.74, 6) is 0.855. The molecule has 7 nitrogen and oxygen atoms in total. The van der Waals surface area contributed by atoms with Gasteiger partial charge in [0.1, 0.15) is 0 Å². The molecule has 5 rings (SSSR count). The van der Waals surface area contributed by atoms with E-state index in [-0.39, 0.29) is 11.6 Å². The summed E-state index contributed by atoms with van der Waals surface area (Å²) in [6.45, 7) is 6.27. The van der Waals surface area contributed by atoms with Gasteiger partial charge in [-0.2, -0.15) is 0 Å². The average Bonchev–Trinajstić information content (AvgIpc) is 3.42. The van der Waals surface area contributed by atoms with Crippen molar-refractivity contribution in [3.05, 3.63) is 51.1 Å². The predicted octanol–water partition coefficient (Wildman–Crippen LogP) is 2.40. The Morgan fingerprint density at radius 2 is 1.83 bits per heavy atom. The summed E-state index contributed by atoms with van der Waals surface area (Å²) in [5.41, 5.74) is 4.02. The highest BCUT2D eigenvalue weighted by atomic mass is 16.1. The molecule has 3 aromatic rings. The average molecular weight is 408 g/mol. The normalized spacial score (nSPS) is 19.5. The second kappa shape index (κ2) is 7.95. The summed E-state index contributed by atoms with van der Waals surface area (Å²) in [7, 11) is 0. The van der Waals surface area contributed by atoms with Crippen LogP contribution in [0.4, 0.5) is 0 Å². The third-order valence-electron chi connectivity index (χ3n) is 7.00. The van der Waals surface area contributed by atoms with Crippen molar-refractivity contribution in [2.45, 2.75) is 70.9 Å². The van der Waals surface area contributed by atoms with Crippen molar-refractivity contribution < 1.29 is 4.90 Å². The molecular formula is C23H31N6O+. The molecule has 0 bridgehead atoms. The van der Waals surface area contributed by atoms with E-state index in [2.05, 4.69) is 52.6 Å². The first-order chi connectivity index (χ1) is 14.6. The van der Waals surface area contributed by atoms with Gasteiger partial charge in [0.2, 0.25) is 5.82 Å². The number of H-pyrrole nitrogens is 1. The summed E-state index contributed by atoms with van der Waals surface area (Å²) >= 11 is 0. The molecule has 1 aliphatic carbocycles. The molecule has 1 aromatic carbocycles. The lowest BCUT2D eigenvalue weighted by atomic mass is 9.95. The summed E-state index contributed by atoms with van der Waals surface area (Å²) in [6.07, 6.45) is 8.33. The van der Waals surface area contributed by atoms with E-state index in [0.717, 1.165) is 53.8 Å². The van der Waals surface area contributed by atoms with Gasteiger partial charge in [0.25, 0.3) is 5.56 Å². The van der Waals surface area contributed by atoms with Gasteiger partial charge >= 0.3 is 0 Å². The van der Waals surface area contributed by atoms with E-state index in [9.17, 15) is 4.79 Å². The fourth-order valence-corrected chi connectivity index (χ4v) is 5.54. The molecule has 30 heavy (non-hydrogen) atoms. The zero-order valence-corrected chi connectivity index (χ0v) is 17.9. The molecule has 0 radical (unpaired) electrons. The standard InChI is InChI=1S/C23H30N6O/c1-15-12-16(2)18-14-19(23(30)24-20(18)13-15)21(28-10-6-7-11-28)22-25-26-27-29(22)17-8-4-3-5-9-17/h12-14,17,21H,3-11H2,1-2H3,(H,24,30)/p+1/t21-/m0/s1. The van der Waals surface area contributed by atoms with Crippen molar-refractivity contribution in [3.8, 4) is 0 Å². The smallest absolute Gasteiger partial charge is 0.258 e. The summed E-state index contributed by atoms with van der Waals surface area (Å²) in [4.78, 5) is 17.8. The first kappa shape index (κ1) is 19.4. The Kier molecular flexibility index (Phi) is 5.15. The molecular weight excluding hydrogens is 376 g/mol. The molecule has 2 aliphatic rings. The van der Waals surface area contributed by atoms with Crippen LogP contribution in [-0.4, -0.2) is 38.3 Å². The number of benzene rings is 1. The monoisotopic (exact) mass is 407 g/mol. The molecule has 1 saturated heterocycles. The summed E-state index contributed by atoms with van der Waals surface area (Å²) < 4.78 is 2.04. The number of aromatic amines is 1. The van der Waals surface area contributed by atoms with Crippen LogP contribution in [0.3, 0.4) is 0 Å². The maximum Gasteiger partial charge on any atom is 0.258 e. The number of fused-ring (bicyclic) bond motifs is 1. The third-order valence-corrected chi connectivity index (χ3v) is 7.00. The van der Waals surface area contributed by atoms with Crippen molar-refractivity contribution >= 4 is 10.9 Å². The molecule has 1 saturated carbocycles. The minimum Gasteiger partial charge on any atom is -0.322 e. The summed E-state index contributed by atoms with van der Waals surface area (Å²) in [5, 5.41) is 14.1. The Labute approximate surface area is 176 Å². The van der Waals surface area contributed by atoms with Crippen LogP contribution in [0, 0.1) is 13.8 Å². The molecule has 1 atom stereocenters. The number of tetrazole rings is 1. The zero-order chi connectivity index (χ0) is 20.7. The van der Waals surface area contributed by atoms with Crippen LogP contribution in [-0.2, 0) is 0 Å². The minimum atomic E-state index is -0.127. The number of hydrogen-bond acceptors (Lipinski definition) is 4. The first-order valence-electron chi connectivity index (χ1n) is 11.4. The Hall–Kier alpha value is -2.54. The number of nitrogens with zero attached hydrogens (tertiary/aromatic N) is 4. The number of pyridine rings is 1. The van der Waals surface area contributed by atoms with Crippen molar-refractivity contribution in [2.75, 3.05) is 13.1 Å². The molecule has 7 heteroatoms. The predicted molar refractivity (Wildman–Crippen MR) is 116 cm³/mol. The molecule has 3 heterocycles. The van der Waals surface area contributed by atoms with E-state index < -0.39 is 0 Å². The van der Waals surface area contributed by atoms with Crippen LogP contribution in [0.25, 0.3) is 10.9 Å². The van der Waals surface area contributed by atoms with Crippen LogP contribution in [0.2, 0.25) is 0 Å². The van der Waals surface area contributed by atoms with Crippen LogP contribution in [0.1, 0.15) is 79.5 Å². The second-order valence-corrected chi connectivity index (χ2v) is 9.17. The van der Waals surface area contributed by atoms with E-state index in [1.807, 2.05) is 4.68 Å². The SMILES string of the molecule is Cc1cc(C)c2cc([C@@H](c3nnnn3C3CCCCC3)[NH+]3CCCC3)c(=O)[nH]c2c1. The molecule has 0 spiro atoms. The first-order valence-corrected chi connectivity index (χ1v) is 11.4. The number of aryl methyl sites for hydroxylation is 2. The van der Waals surface area contributed by atoms with Gasteiger partial charge in [-0.25, -0.2) is 4.68 Å². The van der Waals surface area contributed by atoms with Gasteiger partial charge in [-0.15, -0.1) is 5.10 Å². The van der Waals surface area contributed by atoms with Gasteiger partial charge in [0, 0.05) is 23.7 Å². The van der Waals surface area contributed by atoms with E-state index in [4.69, 9.17) is 0 Å². The van der Waals surface area contributed by atoms with Crippen molar-refractivity contribution in [2.24, 2.45) is 0 Å². The number of nitrogens with one attached hydrogen (secondary N) is 2. The molecule has 0 unspecified atom stereocenters. The zero-order valence-electron chi connectivity index (χ0n) is 17.9. The van der Waals surface area contributed by atoms with Gasteiger partial charge < -0.3 is 9.88 Å². The van der Waals surface area contributed by atoms with Crippen LogP contribution in [0.5, 0.6) is 0 Å². The highest BCUT2D eigenvalue weighted by molar-refractivity contribution is 5.83. The van der Waals surface area contributed by atoms with Crippen molar-refractivity contribution in [1.82, 2.24) is 25.2 Å². The lowest BCUT2D eigenvalue weighted by Crippen LogP contribution is -3.10. The fraction of sp³-hybridized carbons (Fsp3) is 0.565. The lowest BCUT2D eigenvalue weighted by molar-refractivity contribution is -0.914. The number of rotatable bonds is 4. The topological polar surface area (TPSA) is 80.9 Å². The van der Waals surface area contributed by atoms with Gasteiger partial charge in [0.15, 0.2) is 6.04 Å². The van der Waals surface area contributed by atoms with E-state index in [0.29, 0.717) is 6.04 Å². The lowest BCUT2D eigenvalue weighted by Gasteiger charge is -2.27. The van der Waals surface area contributed by atoms with E-state index in [1.165, 1.54) is 42.6 Å². The summed E-state index contributed by atoms with van der Waals surface area (Å²) in [6, 6.07) is 6.54. The number of aromatic nitrogens is 5. The number of hydrogen-bond donors (Lipinski definition) is 2. The highest BCUT2D eigenvalue weighted by Gasteiger charge is 2.37. The van der Waals surface area contributed by atoms with E-state index in [1.54, 1.807) is 0 Å². The van der Waals surface area contributed by atoms with Crippen LogP contribution in [0.15, 0.2) is 23.0 Å². The minimum absolute atomic E-state index is 0.0184. The van der Waals surface area contributed by atoms with Crippen LogP contribution >= 0.6 is 0 Å². The molecule has 2 fully saturated rings. The Morgan fingerprint density at radius 1 is 1.07 bits per heavy atom.